The van der Waals surface area contributed by atoms with Crippen molar-refractivity contribution in [1.82, 2.24) is 0 Å². The summed E-state index contributed by atoms with van der Waals surface area (Å²) in [6.07, 6.45) is 1.36. The molecule has 1 aliphatic heterocycles. The van der Waals surface area contributed by atoms with Gasteiger partial charge in [0.2, 0.25) is 10.0 Å². The van der Waals surface area contributed by atoms with Crippen LogP contribution in [0.1, 0.15) is 18.4 Å². The largest absolute Gasteiger partial charge is 0.399 e. The van der Waals surface area contributed by atoms with Gasteiger partial charge >= 0.3 is 0 Å². The number of ether oxygens (including phenoxy) is 1. The number of nitrogens with zero attached hydrogens (tertiary/aromatic N) is 1. The van der Waals surface area contributed by atoms with Gasteiger partial charge in [0.25, 0.3) is 0 Å². The van der Waals surface area contributed by atoms with Gasteiger partial charge in [-0.05, 0) is 31.0 Å². The van der Waals surface area contributed by atoms with E-state index in [-0.39, 0.29) is 23.1 Å². The van der Waals surface area contributed by atoms with E-state index in [0.717, 1.165) is 12.8 Å². The van der Waals surface area contributed by atoms with E-state index in [1.54, 1.807) is 6.07 Å². The summed E-state index contributed by atoms with van der Waals surface area (Å²) >= 11 is 0. The molecule has 1 atom stereocenters. The molecule has 6 nitrogen and oxygen atoms in total. The van der Waals surface area contributed by atoms with E-state index in [1.165, 1.54) is 12.1 Å². The van der Waals surface area contributed by atoms with E-state index < -0.39 is 10.0 Å². The Bertz CT molecular complexity index is 601. The number of rotatable bonds is 4. The molecule has 102 valence electrons. The molecule has 0 spiro atoms. The predicted octanol–water partition coefficient (Wildman–Crippen LogP) is 1.06. The van der Waals surface area contributed by atoms with Crippen molar-refractivity contribution in [2.24, 2.45) is 0 Å². The van der Waals surface area contributed by atoms with Crippen LogP contribution in [-0.2, 0) is 14.8 Å². The third kappa shape index (κ3) is 3.59. The smallest absolute Gasteiger partial charge is 0.235 e. The van der Waals surface area contributed by atoms with E-state index in [4.69, 9.17) is 15.7 Å². The summed E-state index contributed by atoms with van der Waals surface area (Å²) in [6.45, 7) is 0.603. The molecule has 2 rings (SSSR count). The first-order valence-electron chi connectivity index (χ1n) is 5.92. The molecule has 19 heavy (non-hydrogen) atoms. The number of hydrogen-bond acceptors (Lipinski definition) is 5. The summed E-state index contributed by atoms with van der Waals surface area (Å²) in [5, 5.41) is 8.96. The normalized spacial score (nSPS) is 19.0. The summed E-state index contributed by atoms with van der Waals surface area (Å²) < 4.78 is 31.7. The number of nitrogens with two attached hydrogens (primary N) is 1. The summed E-state index contributed by atoms with van der Waals surface area (Å²) in [5.41, 5.74) is 6.42. The molecule has 0 aliphatic carbocycles. The average molecular weight is 281 g/mol. The molecule has 1 heterocycles. The maximum Gasteiger partial charge on any atom is 0.235 e. The van der Waals surface area contributed by atoms with Crippen LogP contribution in [0.2, 0.25) is 0 Å². The lowest BCUT2D eigenvalue weighted by atomic mass is 10.2. The van der Waals surface area contributed by atoms with E-state index in [9.17, 15) is 8.42 Å². The zero-order chi connectivity index (χ0) is 13.9. The Kier molecular flexibility index (Phi) is 3.93. The minimum Gasteiger partial charge on any atom is -0.399 e. The highest BCUT2D eigenvalue weighted by atomic mass is 32.2. The van der Waals surface area contributed by atoms with Gasteiger partial charge in [-0.2, -0.15) is 5.26 Å². The van der Waals surface area contributed by atoms with E-state index in [2.05, 4.69) is 4.72 Å². The van der Waals surface area contributed by atoms with Crippen LogP contribution in [0.25, 0.3) is 0 Å². The lowest BCUT2D eigenvalue weighted by Crippen LogP contribution is -2.26. The van der Waals surface area contributed by atoms with Gasteiger partial charge in [0, 0.05) is 12.3 Å². The Morgan fingerprint density at radius 3 is 2.95 bits per heavy atom. The maximum atomic E-state index is 12.0. The van der Waals surface area contributed by atoms with Gasteiger partial charge in [0.1, 0.15) is 6.07 Å². The van der Waals surface area contributed by atoms with Crippen molar-refractivity contribution >= 4 is 21.4 Å². The Morgan fingerprint density at radius 1 is 1.53 bits per heavy atom. The van der Waals surface area contributed by atoms with Crippen molar-refractivity contribution in [2.45, 2.75) is 18.9 Å². The quantitative estimate of drug-likeness (QED) is 0.803. The fourth-order valence-electron chi connectivity index (χ4n) is 1.97. The fourth-order valence-corrected chi connectivity index (χ4v) is 3.32. The second kappa shape index (κ2) is 5.47. The molecule has 1 aromatic carbocycles. The van der Waals surface area contributed by atoms with Crippen molar-refractivity contribution in [2.75, 3.05) is 22.8 Å². The van der Waals surface area contributed by atoms with Gasteiger partial charge in [-0.25, -0.2) is 8.42 Å². The SMILES string of the molecule is N#Cc1cc(N)ccc1NS(=O)(=O)CC1CCCO1. The first-order valence-corrected chi connectivity index (χ1v) is 7.57. The Balaban J connectivity index is 2.13. The minimum atomic E-state index is -3.53. The standard InChI is InChI=1S/C12H15N3O3S/c13-7-9-6-10(14)3-4-12(9)15-19(16,17)8-11-2-1-5-18-11/h3-4,6,11,15H,1-2,5,8,14H2. The Hall–Kier alpha value is -1.78. The number of nitrogens with one attached hydrogen (secondary N) is 1. The number of nitrogen functional groups attached to an aromatic ring is 1. The molecule has 1 unspecified atom stereocenters. The van der Waals surface area contributed by atoms with Crippen LogP contribution in [0.3, 0.4) is 0 Å². The topological polar surface area (TPSA) is 105 Å². The third-order valence-corrected chi connectivity index (χ3v) is 4.20. The molecular formula is C12H15N3O3S. The van der Waals surface area contributed by atoms with Gasteiger partial charge in [-0.3, -0.25) is 4.72 Å². The van der Waals surface area contributed by atoms with Crippen LogP contribution in [0.15, 0.2) is 18.2 Å². The highest BCUT2D eigenvalue weighted by Gasteiger charge is 2.23. The zero-order valence-electron chi connectivity index (χ0n) is 10.3. The van der Waals surface area contributed by atoms with Crippen LogP contribution in [0.4, 0.5) is 11.4 Å². The van der Waals surface area contributed by atoms with Crippen LogP contribution in [0.5, 0.6) is 0 Å². The van der Waals surface area contributed by atoms with Crippen LogP contribution >= 0.6 is 0 Å². The molecule has 0 amide bonds. The van der Waals surface area contributed by atoms with Gasteiger partial charge in [0.05, 0.1) is 23.1 Å². The summed E-state index contributed by atoms with van der Waals surface area (Å²) in [5.74, 6) is -0.0950. The highest BCUT2D eigenvalue weighted by molar-refractivity contribution is 7.92. The molecular weight excluding hydrogens is 266 g/mol. The predicted molar refractivity (Wildman–Crippen MR) is 72.0 cm³/mol. The molecule has 1 aromatic rings. The van der Waals surface area contributed by atoms with Crippen LogP contribution in [0, 0.1) is 11.3 Å². The monoisotopic (exact) mass is 281 g/mol. The van der Waals surface area contributed by atoms with Crippen LogP contribution < -0.4 is 10.5 Å². The number of benzene rings is 1. The number of hydrogen-bond donors (Lipinski definition) is 2. The molecule has 1 aliphatic rings. The summed E-state index contributed by atoms with van der Waals surface area (Å²) in [4.78, 5) is 0. The maximum absolute atomic E-state index is 12.0. The molecule has 1 saturated heterocycles. The molecule has 1 fully saturated rings. The van der Waals surface area contributed by atoms with E-state index in [1.807, 2.05) is 6.07 Å². The number of anilines is 2. The minimum absolute atomic E-state index is 0.0950. The fraction of sp³-hybridized carbons (Fsp3) is 0.417. The second-order valence-corrected chi connectivity index (χ2v) is 6.20. The zero-order valence-corrected chi connectivity index (χ0v) is 11.1. The molecule has 0 saturated carbocycles. The molecule has 3 N–H and O–H groups in total. The van der Waals surface area contributed by atoms with E-state index >= 15 is 0 Å². The lowest BCUT2D eigenvalue weighted by Gasteiger charge is -2.13. The number of nitriles is 1. The van der Waals surface area contributed by atoms with Crippen molar-refractivity contribution < 1.29 is 13.2 Å². The van der Waals surface area contributed by atoms with Crippen molar-refractivity contribution in [3.05, 3.63) is 23.8 Å². The van der Waals surface area contributed by atoms with Gasteiger partial charge in [-0.15, -0.1) is 0 Å². The second-order valence-electron chi connectivity index (χ2n) is 4.44. The number of sulfonamides is 1. The van der Waals surface area contributed by atoms with Gasteiger partial charge < -0.3 is 10.5 Å². The first-order chi connectivity index (χ1) is 9.00. The van der Waals surface area contributed by atoms with Crippen LogP contribution in [-0.4, -0.2) is 26.9 Å². The van der Waals surface area contributed by atoms with Gasteiger partial charge in [-0.1, -0.05) is 0 Å². The summed E-state index contributed by atoms with van der Waals surface area (Å²) in [7, 11) is -3.53. The van der Waals surface area contributed by atoms with Crippen molar-refractivity contribution in [3.63, 3.8) is 0 Å². The van der Waals surface area contributed by atoms with Crippen molar-refractivity contribution in [3.8, 4) is 6.07 Å². The molecule has 0 bridgehead atoms. The Morgan fingerprint density at radius 2 is 2.32 bits per heavy atom. The van der Waals surface area contributed by atoms with Crippen molar-refractivity contribution in [1.29, 1.82) is 5.26 Å². The summed E-state index contributed by atoms with van der Waals surface area (Å²) in [6, 6.07) is 6.38. The molecule has 0 radical (unpaired) electrons. The lowest BCUT2D eigenvalue weighted by molar-refractivity contribution is 0.127. The molecule has 0 aromatic heterocycles. The highest BCUT2D eigenvalue weighted by Crippen LogP contribution is 2.21. The average Bonchev–Trinajstić information content (AvgIpc) is 2.83. The first kappa shape index (κ1) is 13.6. The van der Waals surface area contributed by atoms with E-state index in [0.29, 0.717) is 12.3 Å². The van der Waals surface area contributed by atoms with Gasteiger partial charge in [0.15, 0.2) is 0 Å². The Labute approximate surface area is 112 Å². The third-order valence-electron chi connectivity index (χ3n) is 2.86. The molecule has 7 heteroatoms.